The van der Waals surface area contributed by atoms with Crippen LogP contribution in [0.4, 0.5) is 0 Å². The summed E-state index contributed by atoms with van der Waals surface area (Å²) in [4.78, 5) is 11.8. The summed E-state index contributed by atoms with van der Waals surface area (Å²) in [6, 6.07) is 7.21. The Morgan fingerprint density at radius 2 is 2.33 bits per heavy atom. The lowest BCUT2D eigenvalue weighted by molar-refractivity contribution is -0.0300. The summed E-state index contributed by atoms with van der Waals surface area (Å²) in [5.74, 6) is -0.306. The lowest BCUT2D eigenvalue weighted by Crippen LogP contribution is -2.26. The Balaban J connectivity index is 1.86. The van der Waals surface area contributed by atoms with Crippen LogP contribution in [-0.4, -0.2) is 25.3 Å². The van der Waals surface area contributed by atoms with Crippen molar-refractivity contribution in [2.75, 3.05) is 13.2 Å². The quantitative estimate of drug-likeness (QED) is 0.827. The smallest absolute Gasteiger partial charge is 0.338 e. The molecule has 1 aromatic carbocycles. The van der Waals surface area contributed by atoms with Crippen LogP contribution < -0.4 is 5.73 Å². The molecule has 18 heavy (non-hydrogen) atoms. The highest BCUT2D eigenvalue weighted by Gasteiger charge is 2.16. The number of esters is 1. The molecule has 4 heteroatoms. The Bertz CT molecular complexity index is 400. The minimum atomic E-state index is -0.306. The third kappa shape index (κ3) is 3.55. The van der Waals surface area contributed by atoms with Crippen molar-refractivity contribution in [3.8, 4) is 0 Å². The van der Waals surface area contributed by atoms with Gasteiger partial charge in [0, 0.05) is 13.2 Å². The molecule has 4 nitrogen and oxygen atoms in total. The largest absolute Gasteiger partial charge is 0.459 e. The zero-order valence-electron chi connectivity index (χ0n) is 10.4. The molecule has 0 aromatic heterocycles. The van der Waals surface area contributed by atoms with Crippen molar-refractivity contribution in [1.82, 2.24) is 0 Å². The van der Waals surface area contributed by atoms with Gasteiger partial charge in [-0.1, -0.05) is 12.1 Å². The summed E-state index contributed by atoms with van der Waals surface area (Å²) in [6.45, 7) is 1.53. The fraction of sp³-hybridized carbons (Fsp3) is 0.500. The highest BCUT2D eigenvalue weighted by molar-refractivity contribution is 5.89. The van der Waals surface area contributed by atoms with Crippen LogP contribution in [0.3, 0.4) is 0 Å². The molecule has 0 spiro atoms. The third-order valence-electron chi connectivity index (χ3n) is 3.07. The maximum Gasteiger partial charge on any atom is 0.338 e. The molecule has 1 aromatic rings. The van der Waals surface area contributed by atoms with E-state index in [-0.39, 0.29) is 12.1 Å². The Labute approximate surface area is 107 Å². The van der Waals surface area contributed by atoms with Gasteiger partial charge in [-0.3, -0.25) is 0 Å². The molecule has 0 saturated carbocycles. The summed E-state index contributed by atoms with van der Waals surface area (Å²) < 4.78 is 10.8. The molecule has 1 saturated heterocycles. The van der Waals surface area contributed by atoms with E-state index in [1.165, 1.54) is 0 Å². The van der Waals surface area contributed by atoms with Gasteiger partial charge >= 0.3 is 5.97 Å². The van der Waals surface area contributed by atoms with Gasteiger partial charge in [-0.05, 0) is 37.0 Å². The molecular weight excluding hydrogens is 230 g/mol. The minimum absolute atomic E-state index is 0.0559. The number of nitrogens with two attached hydrogens (primary N) is 1. The van der Waals surface area contributed by atoms with Crippen molar-refractivity contribution in [2.45, 2.75) is 31.9 Å². The summed E-state index contributed by atoms with van der Waals surface area (Å²) >= 11 is 0. The summed E-state index contributed by atoms with van der Waals surface area (Å²) in [6.07, 6.45) is 3.27. The van der Waals surface area contributed by atoms with Crippen LogP contribution in [0.25, 0.3) is 0 Å². The van der Waals surface area contributed by atoms with E-state index < -0.39 is 0 Å². The van der Waals surface area contributed by atoms with Crippen molar-refractivity contribution in [2.24, 2.45) is 5.73 Å². The maximum absolute atomic E-state index is 11.8. The zero-order valence-corrected chi connectivity index (χ0v) is 10.4. The van der Waals surface area contributed by atoms with Gasteiger partial charge in [0.25, 0.3) is 0 Å². The van der Waals surface area contributed by atoms with Crippen molar-refractivity contribution in [3.05, 3.63) is 35.4 Å². The first kappa shape index (κ1) is 13.1. The molecule has 1 atom stereocenters. The minimum Gasteiger partial charge on any atom is -0.459 e. The standard InChI is InChI=1S/C14H19NO3/c15-9-11-4-3-5-12(8-11)14(16)18-10-13-6-1-2-7-17-13/h3-5,8,13H,1-2,6-7,9-10,15H2. The Morgan fingerprint density at radius 1 is 1.44 bits per heavy atom. The number of hydrogen-bond acceptors (Lipinski definition) is 4. The maximum atomic E-state index is 11.8. The highest BCUT2D eigenvalue weighted by atomic mass is 16.6. The fourth-order valence-corrected chi connectivity index (χ4v) is 2.02. The number of rotatable bonds is 4. The van der Waals surface area contributed by atoms with Crippen LogP contribution >= 0.6 is 0 Å². The van der Waals surface area contributed by atoms with Crippen LogP contribution in [0.5, 0.6) is 0 Å². The molecule has 0 bridgehead atoms. The normalized spacial score (nSPS) is 19.5. The average Bonchev–Trinajstić information content (AvgIpc) is 2.46. The lowest BCUT2D eigenvalue weighted by atomic mass is 10.1. The highest BCUT2D eigenvalue weighted by Crippen LogP contribution is 2.14. The van der Waals surface area contributed by atoms with E-state index in [2.05, 4.69) is 0 Å². The monoisotopic (exact) mass is 249 g/mol. The summed E-state index contributed by atoms with van der Waals surface area (Å²) in [7, 11) is 0. The van der Waals surface area contributed by atoms with E-state index in [1.807, 2.05) is 12.1 Å². The van der Waals surface area contributed by atoms with Crippen LogP contribution in [0.15, 0.2) is 24.3 Å². The Morgan fingerprint density at radius 3 is 3.06 bits per heavy atom. The Kier molecular flexibility index (Phi) is 4.73. The number of benzene rings is 1. The molecule has 98 valence electrons. The number of ether oxygens (including phenoxy) is 2. The first-order chi connectivity index (χ1) is 8.79. The number of carbonyl (C=O) groups is 1. The molecule has 0 aliphatic carbocycles. The van der Waals surface area contributed by atoms with Crippen LogP contribution in [0.2, 0.25) is 0 Å². The summed E-state index contributed by atoms with van der Waals surface area (Å²) in [5, 5.41) is 0. The predicted octanol–water partition coefficient (Wildman–Crippen LogP) is 1.87. The first-order valence-electron chi connectivity index (χ1n) is 6.37. The van der Waals surface area contributed by atoms with E-state index in [0.717, 1.165) is 31.4 Å². The van der Waals surface area contributed by atoms with Crippen LogP contribution in [-0.2, 0) is 16.0 Å². The van der Waals surface area contributed by atoms with Gasteiger partial charge in [0.1, 0.15) is 6.61 Å². The van der Waals surface area contributed by atoms with Gasteiger partial charge in [0.15, 0.2) is 0 Å². The zero-order chi connectivity index (χ0) is 12.8. The van der Waals surface area contributed by atoms with Gasteiger partial charge in [-0.2, -0.15) is 0 Å². The SMILES string of the molecule is NCc1cccc(C(=O)OCC2CCCCO2)c1. The number of hydrogen-bond donors (Lipinski definition) is 1. The van der Waals surface area contributed by atoms with Crippen molar-refractivity contribution >= 4 is 5.97 Å². The van der Waals surface area contributed by atoms with Gasteiger partial charge in [-0.15, -0.1) is 0 Å². The Hall–Kier alpha value is -1.39. The molecule has 1 unspecified atom stereocenters. The first-order valence-corrected chi connectivity index (χ1v) is 6.37. The van der Waals surface area contributed by atoms with E-state index >= 15 is 0 Å². The van der Waals surface area contributed by atoms with Gasteiger partial charge in [0.05, 0.1) is 11.7 Å². The second-order valence-electron chi connectivity index (χ2n) is 4.49. The third-order valence-corrected chi connectivity index (χ3v) is 3.07. The second-order valence-corrected chi connectivity index (χ2v) is 4.49. The lowest BCUT2D eigenvalue weighted by Gasteiger charge is -2.22. The molecule has 2 N–H and O–H groups in total. The van der Waals surface area contributed by atoms with Gasteiger partial charge in [0.2, 0.25) is 0 Å². The fourth-order valence-electron chi connectivity index (χ4n) is 2.02. The second kappa shape index (κ2) is 6.52. The average molecular weight is 249 g/mol. The van der Waals surface area contributed by atoms with E-state index in [4.69, 9.17) is 15.2 Å². The molecule has 2 rings (SSSR count). The molecule has 1 aliphatic heterocycles. The molecule has 0 amide bonds. The van der Waals surface area contributed by atoms with E-state index in [1.54, 1.807) is 12.1 Å². The topological polar surface area (TPSA) is 61.6 Å². The predicted molar refractivity (Wildman–Crippen MR) is 68.2 cm³/mol. The van der Waals surface area contributed by atoms with Crippen molar-refractivity contribution in [1.29, 1.82) is 0 Å². The van der Waals surface area contributed by atoms with Crippen LogP contribution in [0.1, 0.15) is 35.2 Å². The van der Waals surface area contributed by atoms with Gasteiger partial charge < -0.3 is 15.2 Å². The van der Waals surface area contributed by atoms with Crippen LogP contribution in [0, 0.1) is 0 Å². The molecule has 0 radical (unpaired) electrons. The van der Waals surface area contributed by atoms with Gasteiger partial charge in [-0.25, -0.2) is 4.79 Å². The number of carbonyl (C=O) groups excluding carboxylic acids is 1. The van der Waals surface area contributed by atoms with Crippen molar-refractivity contribution in [3.63, 3.8) is 0 Å². The van der Waals surface area contributed by atoms with E-state index in [0.29, 0.717) is 18.7 Å². The van der Waals surface area contributed by atoms with E-state index in [9.17, 15) is 4.79 Å². The van der Waals surface area contributed by atoms with Crippen molar-refractivity contribution < 1.29 is 14.3 Å². The summed E-state index contributed by atoms with van der Waals surface area (Å²) in [5.41, 5.74) is 7.02. The molecule has 1 aliphatic rings. The molecule has 1 fully saturated rings. The molecule has 1 heterocycles. The molecular formula is C14H19NO3.